The van der Waals surface area contributed by atoms with E-state index in [2.05, 4.69) is 5.32 Å². The Morgan fingerprint density at radius 3 is 2.39 bits per heavy atom. The molecule has 0 bridgehead atoms. The second kappa shape index (κ2) is 5.08. The SMILES string of the molecule is C[C@H](Nc1ccc([N+](=O)[O-])cc1[N+](=O)[O-])C(=O)O. The second-order valence-electron chi connectivity index (χ2n) is 3.42. The normalized spacial score (nSPS) is 11.6. The van der Waals surface area contributed by atoms with Gasteiger partial charge < -0.3 is 10.4 Å². The van der Waals surface area contributed by atoms with Gasteiger partial charge in [-0.3, -0.25) is 25.0 Å². The first-order valence-corrected chi connectivity index (χ1v) is 4.75. The van der Waals surface area contributed by atoms with Gasteiger partial charge in [0.25, 0.3) is 11.4 Å². The molecule has 18 heavy (non-hydrogen) atoms. The molecule has 0 aliphatic heterocycles. The van der Waals surface area contributed by atoms with Gasteiger partial charge in [0.15, 0.2) is 0 Å². The Bertz CT molecular complexity index is 515. The summed E-state index contributed by atoms with van der Waals surface area (Å²) >= 11 is 0. The zero-order valence-corrected chi connectivity index (χ0v) is 9.19. The minimum absolute atomic E-state index is 0.0829. The first kappa shape index (κ1) is 13.4. The standard InChI is InChI=1S/C9H9N3O6/c1-5(9(13)14)10-7-3-2-6(11(15)16)4-8(7)12(17)18/h2-5,10H,1H3,(H,13,14)/t5-/m0/s1. The topological polar surface area (TPSA) is 136 Å². The zero-order valence-electron chi connectivity index (χ0n) is 9.19. The Balaban J connectivity index is 3.16. The maximum absolute atomic E-state index is 10.7. The van der Waals surface area contributed by atoms with E-state index >= 15 is 0 Å². The number of carbonyl (C=O) groups is 1. The molecule has 9 heteroatoms. The van der Waals surface area contributed by atoms with Crippen molar-refractivity contribution in [1.82, 2.24) is 0 Å². The predicted molar refractivity (Wildman–Crippen MR) is 60.5 cm³/mol. The smallest absolute Gasteiger partial charge is 0.325 e. The molecule has 1 atom stereocenters. The third kappa shape index (κ3) is 2.90. The molecule has 96 valence electrons. The van der Waals surface area contributed by atoms with E-state index in [4.69, 9.17) is 5.11 Å². The number of carboxylic acid groups (broad SMARTS) is 1. The molecule has 0 aliphatic rings. The van der Waals surface area contributed by atoms with Crippen LogP contribution in [0.2, 0.25) is 0 Å². The third-order valence-electron chi connectivity index (χ3n) is 2.13. The molecular weight excluding hydrogens is 246 g/mol. The van der Waals surface area contributed by atoms with E-state index < -0.39 is 33.2 Å². The van der Waals surface area contributed by atoms with Gasteiger partial charge in [0.2, 0.25) is 0 Å². The average Bonchev–Trinajstić information content (AvgIpc) is 2.28. The van der Waals surface area contributed by atoms with Crippen LogP contribution in [0.25, 0.3) is 0 Å². The fourth-order valence-electron chi connectivity index (χ4n) is 1.20. The van der Waals surface area contributed by atoms with Crippen LogP contribution in [0.5, 0.6) is 0 Å². The van der Waals surface area contributed by atoms with Gasteiger partial charge >= 0.3 is 5.97 Å². The number of hydrogen-bond acceptors (Lipinski definition) is 6. The third-order valence-corrected chi connectivity index (χ3v) is 2.13. The number of rotatable bonds is 5. The lowest BCUT2D eigenvalue weighted by Gasteiger charge is -2.10. The van der Waals surface area contributed by atoms with Gasteiger partial charge in [-0.25, -0.2) is 0 Å². The highest BCUT2D eigenvalue weighted by molar-refractivity contribution is 5.78. The molecule has 0 unspecified atom stereocenters. The van der Waals surface area contributed by atoms with Crippen LogP contribution in [0.15, 0.2) is 18.2 Å². The molecule has 1 aromatic rings. The van der Waals surface area contributed by atoms with Crippen LogP contribution >= 0.6 is 0 Å². The number of carboxylic acids is 1. The van der Waals surface area contributed by atoms with Crippen molar-refractivity contribution in [2.75, 3.05) is 5.32 Å². The maximum atomic E-state index is 10.7. The van der Waals surface area contributed by atoms with Crippen molar-refractivity contribution >= 4 is 23.0 Å². The van der Waals surface area contributed by atoms with Crippen LogP contribution < -0.4 is 5.32 Å². The number of non-ortho nitro benzene ring substituents is 1. The van der Waals surface area contributed by atoms with Crippen LogP contribution in [0.4, 0.5) is 17.1 Å². The lowest BCUT2D eigenvalue weighted by molar-refractivity contribution is -0.393. The Hall–Kier alpha value is -2.71. The molecule has 0 radical (unpaired) electrons. The first-order chi connectivity index (χ1) is 8.32. The van der Waals surface area contributed by atoms with Gasteiger partial charge in [-0.15, -0.1) is 0 Å². The molecule has 0 saturated heterocycles. The number of benzene rings is 1. The highest BCUT2D eigenvalue weighted by atomic mass is 16.6. The van der Waals surface area contributed by atoms with E-state index in [0.717, 1.165) is 18.2 Å². The van der Waals surface area contributed by atoms with E-state index in [1.807, 2.05) is 0 Å². The number of nitro benzene ring substituents is 2. The summed E-state index contributed by atoms with van der Waals surface area (Å²) in [7, 11) is 0. The lowest BCUT2D eigenvalue weighted by Crippen LogP contribution is -2.25. The predicted octanol–water partition coefficient (Wildman–Crippen LogP) is 1.39. The number of aliphatic carboxylic acids is 1. The molecule has 0 saturated carbocycles. The van der Waals surface area contributed by atoms with E-state index in [1.165, 1.54) is 6.92 Å². The summed E-state index contributed by atoms with van der Waals surface area (Å²) < 4.78 is 0. The number of nitrogens with zero attached hydrogens (tertiary/aromatic N) is 2. The Labute approximate surface area is 100 Å². The molecule has 0 amide bonds. The van der Waals surface area contributed by atoms with Gasteiger partial charge in [0.05, 0.1) is 15.9 Å². The Kier molecular flexibility index (Phi) is 3.77. The minimum atomic E-state index is -1.19. The number of nitrogens with one attached hydrogen (secondary N) is 1. The van der Waals surface area contributed by atoms with Gasteiger partial charge in [-0.2, -0.15) is 0 Å². The van der Waals surface area contributed by atoms with Gasteiger partial charge in [-0.05, 0) is 13.0 Å². The number of hydrogen-bond donors (Lipinski definition) is 2. The fraction of sp³-hybridized carbons (Fsp3) is 0.222. The van der Waals surface area contributed by atoms with Crippen molar-refractivity contribution in [3.8, 4) is 0 Å². The minimum Gasteiger partial charge on any atom is -0.480 e. The quantitative estimate of drug-likeness (QED) is 0.599. The molecule has 1 rings (SSSR count). The van der Waals surface area contributed by atoms with E-state index in [0.29, 0.717) is 0 Å². The largest absolute Gasteiger partial charge is 0.480 e. The molecule has 0 heterocycles. The van der Waals surface area contributed by atoms with Gasteiger partial charge in [0, 0.05) is 6.07 Å². The Morgan fingerprint density at radius 1 is 1.33 bits per heavy atom. The van der Waals surface area contributed by atoms with E-state index in [1.54, 1.807) is 0 Å². The van der Waals surface area contributed by atoms with Crippen molar-refractivity contribution in [3.63, 3.8) is 0 Å². The molecule has 1 aromatic carbocycles. The van der Waals surface area contributed by atoms with Crippen molar-refractivity contribution in [3.05, 3.63) is 38.4 Å². The van der Waals surface area contributed by atoms with Gasteiger partial charge in [-0.1, -0.05) is 0 Å². The van der Waals surface area contributed by atoms with E-state index in [9.17, 15) is 25.0 Å². The van der Waals surface area contributed by atoms with Crippen LogP contribution in [0.3, 0.4) is 0 Å². The summed E-state index contributed by atoms with van der Waals surface area (Å²) in [5.41, 5.74) is -1.06. The maximum Gasteiger partial charge on any atom is 0.325 e. The van der Waals surface area contributed by atoms with E-state index in [-0.39, 0.29) is 5.69 Å². The molecule has 2 N–H and O–H groups in total. The molecule has 9 nitrogen and oxygen atoms in total. The highest BCUT2D eigenvalue weighted by Gasteiger charge is 2.22. The highest BCUT2D eigenvalue weighted by Crippen LogP contribution is 2.29. The van der Waals surface area contributed by atoms with Crippen molar-refractivity contribution < 1.29 is 19.7 Å². The summed E-state index contributed by atoms with van der Waals surface area (Å²) in [6.07, 6.45) is 0. The van der Waals surface area contributed by atoms with Crippen LogP contribution in [0, 0.1) is 20.2 Å². The molecule has 0 fully saturated rings. The number of anilines is 1. The number of nitro groups is 2. The van der Waals surface area contributed by atoms with Crippen LogP contribution in [-0.4, -0.2) is 27.0 Å². The monoisotopic (exact) mass is 255 g/mol. The van der Waals surface area contributed by atoms with Crippen LogP contribution in [0.1, 0.15) is 6.92 Å². The second-order valence-corrected chi connectivity index (χ2v) is 3.42. The Morgan fingerprint density at radius 2 is 1.94 bits per heavy atom. The van der Waals surface area contributed by atoms with Crippen molar-refractivity contribution in [1.29, 1.82) is 0 Å². The fourth-order valence-corrected chi connectivity index (χ4v) is 1.20. The summed E-state index contributed by atoms with van der Waals surface area (Å²) in [5, 5.41) is 32.3. The summed E-state index contributed by atoms with van der Waals surface area (Å²) in [5.74, 6) is -1.19. The summed E-state index contributed by atoms with van der Waals surface area (Å²) in [4.78, 5) is 30.3. The molecule has 0 spiro atoms. The van der Waals surface area contributed by atoms with Crippen molar-refractivity contribution in [2.45, 2.75) is 13.0 Å². The van der Waals surface area contributed by atoms with Crippen LogP contribution in [-0.2, 0) is 4.79 Å². The lowest BCUT2D eigenvalue weighted by atomic mass is 10.2. The van der Waals surface area contributed by atoms with Gasteiger partial charge in [0.1, 0.15) is 11.7 Å². The average molecular weight is 255 g/mol. The summed E-state index contributed by atoms with van der Waals surface area (Å²) in [6, 6.07) is 1.89. The molecule has 0 aliphatic carbocycles. The molecule has 0 aromatic heterocycles. The zero-order chi connectivity index (χ0) is 13.9. The summed E-state index contributed by atoms with van der Waals surface area (Å²) in [6.45, 7) is 1.30. The molecular formula is C9H9N3O6. The first-order valence-electron chi connectivity index (χ1n) is 4.75. The van der Waals surface area contributed by atoms with Crippen molar-refractivity contribution in [2.24, 2.45) is 0 Å².